The second kappa shape index (κ2) is 7.59. The molecule has 0 spiro atoms. The van der Waals surface area contributed by atoms with Crippen molar-refractivity contribution < 1.29 is 23.9 Å². The highest BCUT2D eigenvalue weighted by Crippen LogP contribution is 2.22. The molecule has 0 aromatic heterocycles. The minimum absolute atomic E-state index is 0.161. The predicted octanol–water partition coefficient (Wildman–Crippen LogP) is 1.99. The molecule has 1 N–H and O–H groups in total. The van der Waals surface area contributed by atoms with Gasteiger partial charge in [-0.3, -0.25) is 10.1 Å². The number of benzene rings is 1. The predicted molar refractivity (Wildman–Crippen MR) is 78.5 cm³/mol. The molecular formula is C16H19NO5. The molecule has 0 bridgehead atoms. The number of esters is 1. The molecule has 1 aromatic carbocycles. The Bertz CT molecular complexity index is 582. The zero-order valence-corrected chi connectivity index (χ0v) is 12.5. The third-order valence-corrected chi connectivity index (χ3v) is 3.44. The zero-order valence-electron chi connectivity index (χ0n) is 12.5. The number of hydrogen-bond acceptors (Lipinski definition) is 5. The van der Waals surface area contributed by atoms with E-state index < -0.39 is 24.6 Å². The summed E-state index contributed by atoms with van der Waals surface area (Å²) in [5.41, 5.74) is 2.85. The number of fused-ring (bicyclic) bond motifs is 1. The van der Waals surface area contributed by atoms with Gasteiger partial charge in [0.05, 0.1) is 12.2 Å². The van der Waals surface area contributed by atoms with Gasteiger partial charge in [0.15, 0.2) is 6.61 Å². The van der Waals surface area contributed by atoms with E-state index in [0.717, 1.165) is 24.8 Å². The van der Waals surface area contributed by atoms with Gasteiger partial charge < -0.3 is 9.47 Å². The molecule has 0 saturated carbocycles. The number of rotatable bonds is 4. The Labute approximate surface area is 128 Å². The lowest BCUT2D eigenvalue weighted by Crippen LogP contribution is -2.34. The van der Waals surface area contributed by atoms with Crippen molar-refractivity contribution in [1.82, 2.24) is 5.32 Å². The van der Waals surface area contributed by atoms with E-state index >= 15 is 0 Å². The summed E-state index contributed by atoms with van der Waals surface area (Å²) in [6.07, 6.45) is 3.43. The van der Waals surface area contributed by atoms with E-state index in [4.69, 9.17) is 4.74 Å². The maximum atomic E-state index is 11.9. The number of amides is 2. The molecule has 2 rings (SSSR count). The van der Waals surface area contributed by atoms with Gasteiger partial charge >= 0.3 is 12.1 Å². The topological polar surface area (TPSA) is 81.7 Å². The lowest BCUT2D eigenvalue weighted by atomic mass is 9.90. The minimum Gasteiger partial charge on any atom is -0.452 e. The van der Waals surface area contributed by atoms with Crippen LogP contribution in [-0.4, -0.2) is 31.2 Å². The highest BCUT2D eigenvalue weighted by molar-refractivity contribution is 5.95. The van der Waals surface area contributed by atoms with Crippen LogP contribution in [0.2, 0.25) is 0 Å². The molecule has 0 fully saturated rings. The average Bonchev–Trinajstić information content (AvgIpc) is 2.52. The van der Waals surface area contributed by atoms with Crippen LogP contribution in [-0.2, 0) is 27.1 Å². The number of imide groups is 1. The Morgan fingerprint density at radius 1 is 1.09 bits per heavy atom. The summed E-state index contributed by atoms with van der Waals surface area (Å²) in [6, 6.07) is 5.46. The van der Waals surface area contributed by atoms with Gasteiger partial charge in [-0.05, 0) is 55.9 Å². The average molecular weight is 305 g/mol. The van der Waals surface area contributed by atoms with Crippen molar-refractivity contribution in [1.29, 1.82) is 0 Å². The third kappa shape index (κ3) is 4.31. The first kappa shape index (κ1) is 16.0. The van der Waals surface area contributed by atoms with Crippen molar-refractivity contribution in [2.45, 2.75) is 32.6 Å². The fourth-order valence-corrected chi connectivity index (χ4v) is 2.39. The van der Waals surface area contributed by atoms with Crippen molar-refractivity contribution in [3.8, 4) is 0 Å². The van der Waals surface area contributed by atoms with Crippen molar-refractivity contribution in [2.24, 2.45) is 0 Å². The summed E-state index contributed by atoms with van der Waals surface area (Å²) in [6.45, 7) is 1.27. The molecule has 0 aliphatic heterocycles. The number of alkyl carbamates (subject to hydrolysis) is 1. The number of aryl methyl sites for hydroxylation is 2. The van der Waals surface area contributed by atoms with Crippen LogP contribution in [0.4, 0.5) is 4.79 Å². The maximum Gasteiger partial charge on any atom is 0.413 e. The van der Waals surface area contributed by atoms with Crippen LogP contribution >= 0.6 is 0 Å². The van der Waals surface area contributed by atoms with E-state index in [-0.39, 0.29) is 6.61 Å². The zero-order chi connectivity index (χ0) is 15.9. The van der Waals surface area contributed by atoms with Crippen molar-refractivity contribution in [3.05, 3.63) is 34.9 Å². The van der Waals surface area contributed by atoms with Crippen LogP contribution in [0.15, 0.2) is 18.2 Å². The van der Waals surface area contributed by atoms with E-state index in [1.165, 1.54) is 12.0 Å². The summed E-state index contributed by atoms with van der Waals surface area (Å²) in [5, 5.41) is 1.96. The Kier molecular flexibility index (Phi) is 5.52. The van der Waals surface area contributed by atoms with Crippen LogP contribution in [0, 0.1) is 0 Å². The van der Waals surface area contributed by atoms with Gasteiger partial charge in [-0.1, -0.05) is 6.07 Å². The van der Waals surface area contributed by atoms with E-state index in [1.54, 1.807) is 13.0 Å². The molecule has 2 amide bonds. The Morgan fingerprint density at radius 3 is 2.55 bits per heavy atom. The van der Waals surface area contributed by atoms with Crippen LogP contribution in [0.1, 0.15) is 41.3 Å². The summed E-state index contributed by atoms with van der Waals surface area (Å²) in [7, 11) is 0. The standard InChI is InChI=1S/C16H19NO5/c1-2-21-16(20)17-14(18)10-22-15(19)13-8-7-11-5-3-4-6-12(11)9-13/h7-9H,2-6,10H2,1H3,(H,17,18,20). The Hall–Kier alpha value is -2.37. The Morgan fingerprint density at radius 2 is 1.82 bits per heavy atom. The fraction of sp³-hybridized carbons (Fsp3) is 0.438. The first-order valence-corrected chi connectivity index (χ1v) is 7.35. The van der Waals surface area contributed by atoms with Crippen molar-refractivity contribution in [3.63, 3.8) is 0 Å². The normalized spacial score (nSPS) is 13.0. The quantitative estimate of drug-likeness (QED) is 0.860. The highest BCUT2D eigenvalue weighted by atomic mass is 16.6. The first-order valence-electron chi connectivity index (χ1n) is 7.35. The highest BCUT2D eigenvalue weighted by Gasteiger charge is 2.15. The maximum absolute atomic E-state index is 11.9. The number of nitrogens with one attached hydrogen (secondary N) is 1. The monoisotopic (exact) mass is 305 g/mol. The smallest absolute Gasteiger partial charge is 0.413 e. The number of hydrogen-bond donors (Lipinski definition) is 1. The van der Waals surface area contributed by atoms with Crippen molar-refractivity contribution >= 4 is 18.0 Å². The van der Waals surface area contributed by atoms with Crippen LogP contribution in [0.5, 0.6) is 0 Å². The minimum atomic E-state index is -0.850. The van der Waals surface area contributed by atoms with Gasteiger partial charge in [-0.2, -0.15) is 0 Å². The molecule has 22 heavy (non-hydrogen) atoms. The molecular weight excluding hydrogens is 286 g/mol. The molecule has 1 aliphatic rings. The molecule has 0 atom stereocenters. The van der Waals surface area contributed by atoms with E-state index in [1.807, 2.05) is 17.4 Å². The van der Waals surface area contributed by atoms with Crippen LogP contribution in [0.3, 0.4) is 0 Å². The largest absolute Gasteiger partial charge is 0.452 e. The van der Waals surface area contributed by atoms with Crippen LogP contribution in [0.25, 0.3) is 0 Å². The number of carbonyl (C=O) groups excluding carboxylic acids is 3. The Balaban J connectivity index is 1.87. The number of carbonyl (C=O) groups is 3. The summed E-state index contributed by atoms with van der Waals surface area (Å²) >= 11 is 0. The lowest BCUT2D eigenvalue weighted by Gasteiger charge is -2.16. The number of ether oxygens (including phenoxy) is 2. The molecule has 1 aromatic rings. The summed E-state index contributed by atoms with van der Waals surface area (Å²) < 4.78 is 9.46. The molecule has 0 unspecified atom stereocenters. The molecule has 6 heteroatoms. The SMILES string of the molecule is CCOC(=O)NC(=O)COC(=O)c1ccc2c(c1)CCCC2. The third-order valence-electron chi connectivity index (χ3n) is 3.44. The fourth-order valence-electron chi connectivity index (χ4n) is 2.39. The molecule has 118 valence electrons. The first-order chi connectivity index (χ1) is 10.6. The van der Waals surface area contributed by atoms with E-state index in [0.29, 0.717) is 5.56 Å². The van der Waals surface area contributed by atoms with Crippen LogP contribution < -0.4 is 5.32 Å². The van der Waals surface area contributed by atoms with Gasteiger partial charge in [0.2, 0.25) is 0 Å². The van der Waals surface area contributed by atoms with Gasteiger partial charge in [0, 0.05) is 0 Å². The second-order valence-electron chi connectivity index (χ2n) is 5.04. The lowest BCUT2D eigenvalue weighted by molar-refractivity contribution is -0.123. The van der Waals surface area contributed by atoms with Gasteiger partial charge in [0.25, 0.3) is 5.91 Å². The molecule has 0 saturated heterocycles. The summed E-state index contributed by atoms with van der Waals surface area (Å²) in [4.78, 5) is 34.4. The van der Waals surface area contributed by atoms with Crippen molar-refractivity contribution in [2.75, 3.05) is 13.2 Å². The van der Waals surface area contributed by atoms with E-state index in [9.17, 15) is 14.4 Å². The van der Waals surface area contributed by atoms with Gasteiger partial charge in [-0.15, -0.1) is 0 Å². The molecule has 0 radical (unpaired) electrons. The van der Waals surface area contributed by atoms with Gasteiger partial charge in [-0.25, -0.2) is 9.59 Å². The molecule has 1 aliphatic carbocycles. The molecule has 6 nitrogen and oxygen atoms in total. The van der Waals surface area contributed by atoms with E-state index in [2.05, 4.69) is 4.74 Å². The molecule has 0 heterocycles. The second-order valence-corrected chi connectivity index (χ2v) is 5.04. The summed E-state index contributed by atoms with van der Waals surface area (Å²) in [5.74, 6) is -1.29. The van der Waals surface area contributed by atoms with Gasteiger partial charge in [0.1, 0.15) is 0 Å².